The van der Waals surface area contributed by atoms with Crippen LogP contribution in [-0.4, -0.2) is 11.9 Å². The quantitative estimate of drug-likeness (QED) is 0.482. The fraction of sp³-hybridized carbons (Fsp3) is 0.208. The molecular formula is C24H20NO6-. The van der Waals surface area contributed by atoms with Crippen molar-refractivity contribution in [2.24, 2.45) is 0 Å². The number of carbonyl (C=O) groups excluding carboxylic acids is 2. The molecule has 0 spiro atoms. The number of carboxylic acid groups (broad SMARTS) is 1. The first-order valence-corrected chi connectivity index (χ1v) is 9.84. The summed E-state index contributed by atoms with van der Waals surface area (Å²) in [7, 11) is 0. The molecule has 1 amide bonds. The topological polar surface area (TPSA) is 113 Å². The summed E-state index contributed by atoms with van der Waals surface area (Å²) in [6.07, 6.45) is 1.69. The lowest BCUT2D eigenvalue weighted by Gasteiger charge is -2.20. The average molecular weight is 418 g/mol. The van der Waals surface area contributed by atoms with Crippen molar-refractivity contribution in [2.45, 2.75) is 32.7 Å². The second-order valence-electron chi connectivity index (χ2n) is 7.49. The summed E-state index contributed by atoms with van der Waals surface area (Å²) in [6, 6.07) is 10.6. The normalized spacial score (nSPS) is 12.2. The molecule has 2 aromatic carbocycles. The molecule has 158 valence electrons. The van der Waals surface area contributed by atoms with E-state index in [1.807, 2.05) is 19.9 Å². The molecule has 0 saturated carbocycles. The molecule has 0 unspecified atom stereocenters. The lowest BCUT2D eigenvalue weighted by molar-refractivity contribution is -0.308. The first-order chi connectivity index (χ1) is 14.8. The first-order valence-electron chi connectivity index (χ1n) is 9.84. The van der Waals surface area contributed by atoms with Crippen molar-refractivity contribution in [2.75, 3.05) is 0 Å². The van der Waals surface area contributed by atoms with Crippen LogP contribution in [0.1, 0.15) is 34.7 Å². The summed E-state index contributed by atoms with van der Waals surface area (Å²) in [5.74, 6) is -1.90. The third-order valence-corrected chi connectivity index (χ3v) is 5.45. The average Bonchev–Trinajstić information content (AvgIpc) is 3.11. The minimum Gasteiger partial charge on any atom is -0.548 e. The molecule has 4 rings (SSSR count). The standard InChI is InChI=1S/C24H21NO6/c1-13-12-30-19-11-20-18(10-17(13)19)14(2)16(24(29)31-20)8-9-21(26)25-22(23(27)28)15-6-4-3-5-7-15/h3-7,10-12,22H,8-9H2,1-2H3,(H,25,26)(H,27,28)/p-1/t22-/m0/s1. The van der Waals surface area contributed by atoms with Gasteiger partial charge in [0.25, 0.3) is 0 Å². The molecule has 0 saturated heterocycles. The van der Waals surface area contributed by atoms with Crippen molar-refractivity contribution in [1.82, 2.24) is 5.32 Å². The Morgan fingerprint density at radius 3 is 2.52 bits per heavy atom. The Morgan fingerprint density at radius 2 is 1.81 bits per heavy atom. The Kier molecular flexibility index (Phi) is 5.33. The number of aliphatic carboxylic acids is 1. The number of benzene rings is 2. The number of amides is 1. The zero-order valence-electron chi connectivity index (χ0n) is 17.1. The molecule has 1 N–H and O–H groups in total. The molecule has 2 aromatic heterocycles. The van der Waals surface area contributed by atoms with E-state index in [1.165, 1.54) is 0 Å². The van der Waals surface area contributed by atoms with Crippen LogP contribution in [0.25, 0.3) is 21.9 Å². The van der Waals surface area contributed by atoms with Gasteiger partial charge in [0.1, 0.15) is 11.2 Å². The van der Waals surface area contributed by atoms with E-state index in [1.54, 1.807) is 42.7 Å². The van der Waals surface area contributed by atoms with Crippen LogP contribution in [0.4, 0.5) is 0 Å². The number of aryl methyl sites for hydroxylation is 2. The molecule has 1 atom stereocenters. The van der Waals surface area contributed by atoms with Crippen LogP contribution in [0, 0.1) is 13.8 Å². The number of furan rings is 1. The van der Waals surface area contributed by atoms with Crippen molar-refractivity contribution in [3.63, 3.8) is 0 Å². The van der Waals surface area contributed by atoms with Crippen LogP contribution in [0.5, 0.6) is 0 Å². The number of fused-ring (bicyclic) bond motifs is 2. The SMILES string of the molecule is Cc1coc2cc3oc(=O)c(CCC(=O)N[C@H](C(=O)[O-])c4ccccc4)c(C)c3cc12. The highest BCUT2D eigenvalue weighted by Crippen LogP contribution is 2.29. The van der Waals surface area contributed by atoms with E-state index in [4.69, 9.17) is 8.83 Å². The molecule has 0 fully saturated rings. The zero-order valence-corrected chi connectivity index (χ0v) is 17.1. The van der Waals surface area contributed by atoms with Gasteiger partial charge in [0.2, 0.25) is 5.91 Å². The highest BCUT2D eigenvalue weighted by Gasteiger charge is 2.18. The van der Waals surface area contributed by atoms with E-state index in [0.29, 0.717) is 22.3 Å². The molecule has 0 aliphatic rings. The second-order valence-corrected chi connectivity index (χ2v) is 7.49. The maximum absolute atomic E-state index is 12.5. The maximum atomic E-state index is 12.5. The first kappa shape index (κ1) is 20.4. The summed E-state index contributed by atoms with van der Waals surface area (Å²) in [6.45, 7) is 3.74. The van der Waals surface area contributed by atoms with Gasteiger partial charge in [-0.15, -0.1) is 0 Å². The number of hydrogen-bond acceptors (Lipinski definition) is 6. The Balaban J connectivity index is 1.57. The Bertz CT molecular complexity index is 1350. The van der Waals surface area contributed by atoms with Gasteiger partial charge < -0.3 is 24.1 Å². The summed E-state index contributed by atoms with van der Waals surface area (Å²) >= 11 is 0. The van der Waals surface area contributed by atoms with Gasteiger partial charge >= 0.3 is 5.63 Å². The van der Waals surface area contributed by atoms with Crippen LogP contribution >= 0.6 is 0 Å². The van der Waals surface area contributed by atoms with Crippen LogP contribution in [0.15, 0.2) is 62.4 Å². The summed E-state index contributed by atoms with van der Waals surface area (Å²) in [5.41, 5.74) is 3.01. The molecule has 4 aromatic rings. The zero-order chi connectivity index (χ0) is 22.1. The monoisotopic (exact) mass is 418 g/mol. The molecule has 2 heterocycles. The van der Waals surface area contributed by atoms with E-state index in [2.05, 4.69) is 5.32 Å². The van der Waals surface area contributed by atoms with E-state index >= 15 is 0 Å². The lowest BCUT2D eigenvalue weighted by atomic mass is 10.0. The molecule has 7 nitrogen and oxygen atoms in total. The van der Waals surface area contributed by atoms with Gasteiger partial charge in [-0.25, -0.2) is 4.79 Å². The highest BCUT2D eigenvalue weighted by atomic mass is 16.4. The lowest BCUT2D eigenvalue weighted by Crippen LogP contribution is -2.41. The number of nitrogens with one attached hydrogen (secondary N) is 1. The van der Waals surface area contributed by atoms with Gasteiger partial charge in [-0.3, -0.25) is 4.79 Å². The highest BCUT2D eigenvalue weighted by molar-refractivity contribution is 5.96. The van der Waals surface area contributed by atoms with Crippen molar-refractivity contribution >= 4 is 33.8 Å². The fourth-order valence-electron chi connectivity index (χ4n) is 3.72. The van der Waals surface area contributed by atoms with Crippen LogP contribution in [0.3, 0.4) is 0 Å². The van der Waals surface area contributed by atoms with E-state index in [0.717, 1.165) is 21.9 Å². The predicted molar refractivity (Wildman–Crippen MR) is 112 cm³/mol. The molecule has 0 aliphatic heterocycles. The molecule has 31 heavy (non-hydrogen) atoms. The van der Waals surface area contributed by atoms with E-state index in [9.17, 15) is 19.5 Å². The Labute approximate surface area is 177 Å². The molecule has 0 bridgehead atoms. The van der Waals surface area contributed by atoms with Crippen molar-refractivity contribution in [3.8, 4) is 0 Å². The summed E-state index contributed by atoms with van der Waals surface area (Å²) in [5, 5.41) is 15.6. The third-order valence-electron chi connectivity index (χ3n) is 5.45. The molecule has 0 aliphatic carbocycles. The van der Waals surface area contributed by atoms with Gasteiger partial charge in [-0.05, 0) is 43.0 Å². The summed E-state index contributed by atoms with van der Waals surface area (Å²) in [4.78, 5) is 36.4. The number of hydrogen-bond donors (Lipinski definition) is 1. The fourth-order valence-corrected chi connectivity index (χ4v) is 3.72. The number of carbonyl (C=O) groups is 2. The molecule has 0 radical (unpaired) electrons. The van der Waals surface area contributed by atoms with Gasteiger partial charge in [0, 0.05) is 28.8 Å². The van der Waals surface area contributed by atoms with Crippen LogP contribution < -0.4 is 16.0 Å². The number of rotatable bonds is 6. The second kappa shape index (κ2) is 8.10. The van der Waals surface area contributed by atoms with Gasteiger partial charge in [-0.1, -0.05) is 30.3 Å². The van der Waals surface area contributed by atoms with Crippen LogP contribution in [-0.2, 0) is 16.0 Å². The van der Waals surface area contributed by atoms with Gasteiger partial charge in [0.15, 0.2) is 0 Å². The third kappa shape index (κ3) is 3.94. The minimum absolute atomic E-state index is 0.0687. The van der Waals surface area contributed by atoms with Gasteiger partial charge in [0.05, 0.1) is 18.3 Å². The van der Waals surface area contributed by atoms with Crippen molar-refractivity contribution in [3.05, 3.63) is 81.4 Å². The minimum atomic E-state index is -1.40. The van der Waals surface area contributed by atoms with Crippen molar-refractivity contribution < 1.29 is 23.5 Å². The van der Waals surface area contributed by atoms with E-state index in [-0.39, 0.29) is 12.8 Å². The smallest absolute Gasteiger partial charge is 0.339 e. The molecule has 7 heteroatoms. The van der Waals surface area contributed by atoms with Crippen molar-refractivity contribution in [1.29, 1.82) is 0 Å². The van der Waals surface area contributed by atoms with E-state index < -0.39 is 23.5 Å². The largest absolute Gasteiger partial charge is 0.548 e. The summed E-state index contributed by atoms with van der Waals surface area (Å²) < 4.78 is 10.9. The van der Waals surface area contributed by atoms with Gasteiger partial charge in [-0.2, -0.15) is 0 Å². The maximum Gasteiger partial charge on any atom is 0.339 e. The molecular weight excluding hydrogens is 398 g/mol. The van der Waals surface area contributed by atoms with Crippen LogP contribution in [0.2, 0.25) is 0 Å². The number of carboxylic acids is 1. The predicted octanol–water partition coefficient (Wildman–Crippen LogP) is 2.70. The Morgan fingerprint density at radius 1 is 1.06 bits per heavy atom. The Hall–Kier alpha value is -3.87.